The third-order valence-electron chi connectivity index (χ3n) is 7.14. The number of nitrogens with zero attached hydrogens (tertiary/aromatic N) is 2. The maximum Gasteiger partial charge on any atom is 0.258 e. The van der Waals surface area contributed by atoms with Crippen LogP contribution in [-0.2, 0) is 5.54 Å². The van der Waals surface area contributed by atoms with Crippen molar-refractivity contribution in [1.29, 1.82) is 0 Å². The summed E-state index contributed by atoms with van der Waals surface area (Å²) in [6.45, 7) is 6.39. The van der Waals surface area contributed by atoms with Crippen LogP contribution in [0.2, 0.25) is 5.02 Å². The number of amides is 1. The smallest absolute Gasteiger partial charge is 0.258 e. The number of hydrogen-bond donors (Lipinski definition) is 1. The Morgan fingerprint density at radius 2 is 1.89 bits per heavy atom. The summed E-state index contributed by atoms with van der Waals surface area (Å²) in [5.74, 6) is -0.327. The van der Waals surface area contributed by atoms with Crippen molar-refractivity contribution in [1.82, 2.24) is 14.9 Å². The number of methoxy groups -OCH3 is 1. The van der Waals surface area contributed by atoms with Crippen LogP contribution in [0.25, 0.3) is 22.2 Å². The summed E-state index contributed by atoms with van der Waals surface area (Å²) in [6, 6.07) is 14.8. The fraction of sp³-hybridized carbons (Fsp3) is 0.286. The molecule has 1 aliphatic rings. The Morgan fingerprint density at radius 1 is 1.14 bits per heavy atom. The Morgan fingerprint density at radius 3 is 2.60 bits per heavy atom. The monoisotopic (exact) mass is 491 g/mol. The predicted molar refractivity (Wildman–Crippen MR) is 137 cm³/mol. The topological polar surface area (TPSA) is 58.2 Å². The van der Waals surface area contributed by atoms with Gasteiger partial charge in [0.1, 0.15) is 5.82 Å². The van der Waals surface area contributed by atoms with Gasteiger partial charge < -0.3 is 14.6 Å². The maximum absolute atomic E-state index is 15.7. The summed E-state index contributed by atoms with van der Waals surface area (Å²) < 4.78 is 20.9. The highest BCUT2D eigenvalue weighted by Crippen LogP contribution is 2.41. The zero-order valence-electron chi connectivity index (χ0n) is 20.2. The number of ether oxygens (including phenoxy) is 1. The minimum absolute atomic E-state index is 0.0108. The van der Waals surface area contributed by atoms with Gasteiger partial charge >= 0.3 is 0 Å². The highest BCUT2D eigenvalue weighted by Gasteiger charge is 2.45. The van der Waals surface area contributed by atoms with Gasteiger partial charge in [0.05, 0.1) is 29.2 Å². The van der Waals surface area contributed by atoms with Crippen molar-refractivity contribution in [3.8, 4) is 16.9 Å². The first-order chi connectivity index (χ1) is 16.7. The molecule has 1 saturated heterocycles. The van der Waals surface area contributed by atoms with E-state index in [0.29, 0.717) is 29.4 Å². The molecule has 1 fully saturated rings. The van der Waals surface area contributed by atoms with Crippen LogP contribution >= 0.6 is 11.6 Å². The van der Waals surface area contributed by atoms with E-state index in [4.69, 9.17) is 21.3 Å². The number of fused-ring (bicyclic) bond motifs is 1. The second-order valence-corrected chi connectivity index (χ2v) is 9.77. The fourth-order valence-corrected chi connectivity index (χ4v) is 5.16. The molecule has 1 aliphatic heterocycles. The van der Waals surface area contributed by atoms with Crippen LogP contribution in [0.5, 0.6) is 5.75 Å². The molecule has 1 aromatic heterocycles. The lowest BCUT2D eigenvalue weighted by Gasteiger charge is -2.34. The van der Waals surface area contributed by atoms with E-state index in [-0.39, 0.29) is 17.2 Å². The predicted octanol–water partition coefficient (Wildman–Crippen LogP) is 6.80. The van der Waals surface area contributed by atoms with Gasteiger partial charge in [-0.2, -0.15) is 0 Å². The lowest BCUT2D eigenvalue weighted by atomic mass is 9.94. The van der Waals surface area contributed by atoms with Gasteiger partial charge in [0, 0.05) is 11.6 Å². The largest absolute Gasteiger partial charge is 0.494 e. The van der Waals surface area contributed by atoms with Crippen molar-refractivity contribution < 1.29 is 13.9 Å². The lowest BCUT2D eigenvalue weighted by molar-refractivity contribution is 0.0601. The Hall–Kier alpha value is -3.38. The van der Waals surface area contributed by atoms with Crippen LogP contribution in [0.3, 0.4) is 0 Å². The standard InChI is InChI=1S/C28H27ClFN3O2/c1-16-6-8-18(9-7-16)19-10-13-22(35-4)24(30)23(19)26(34)33-15-5-14-28(33,3)27-31-21-12-11-20(29)17(2)25(21)32-27/h6-13H,5,14-15H2,1-4H3,(H,31,32)/t28-/m0/s1. The molecule has 0 unspecified atom stereocenters. The molecule has 1 amide bonds. The quantitative estimate of drug-likeness (QED) is 0.341. The van der Waals surface area contributed by atoms with Gasteiger partial charge in [-0.05, 0) is 74.6 Å². The van der Waals surface area contributed by atoms with Gasteiger partial charge in [-0.3, -0.25) is 4.79 Å². The summed E-state index contributed by atoms with van der Waals surface area (Å²) in [6.07, 6.45) is 1.49. The zero-order valence-corrected chi connectivity index (χ0v) is 21.0. The first-order valence-corrected chi connectivity index (χ1v) is 12.0. The van der Waals surface area contributed by atoms with Gasteiger partial charge in [0.2, 0.25) is 0 Å². The van der Waals surface area contributed by atoms with E-state index in [1.807, 2.05) is 57.2 Å². The second-order valence-electron chi connectivity index (χ2n) is 9.36. The number of aromatic amines is 1. The van der Waals surface area contributed by atoms with E-state index < -0.39 is 11.4 Å². The van der Waals surface area contributed by atoms with Crippen LogP contribution < -0.4 is 4.74 Å². The Balaban J connectivity index is 1.63. The van der Waals surface area contributed by atoms with E-state index in [1.165, 1.54) is 7.11 Å². The number of likely N-dealkylation sites (tertiary alicyclic amines) is 1. The third kappa shape index (κ3) is 3.76. The Bertz CT molecular complexity index is 1450. The molecule has 2 heterocycles. The molecule has 0 radical (unpaired) electrons. The minimum atomic E-state index is -0.727. The first kappa shape index (κ1) is 23.4. The van der Waals surface area contributed by atoms with E-state index >= 15 is 4.39 Å². The van der Waals surface area contributed by atoms with Crippen molar-refractivity contribution in [2.45, 2.75) is 39.2 Å². The third-order valence-corrected chi connectivity index (χ3v) is 7.55. The molecule has 0 aliphatic carbocycles. The second kappa shape index (κ2) is 8.68. The molecule has 1 atom stereocenters. The molecule has 5 rings (SSSR count). The van der Waals surface area contributed by atoms with Crippen molar-refractivity contribution >= 4 is 28.5 Å². The van der Waals surface area contributed by atoms with E-state index in [1.54, 1.807) is 17.0 Å². The van der Waals surface area contributed by atoms with Gasteiger partial charge in [0.15, 0.2) is 11.6 Å². The minimum Gasteiger partial charge on any atom is -0.494 e. The number of rotatable bonds is 4. The fourth-order valence-electron chi connectivity index (χ4n) is 5.01. The highest BCUT2D eigenvalue weighted by molar-refractivity contribution is 6.32. The van der Waals surface area contributed by atoms with Crippen LogP contribution in [0.1, 0.15) is 47.1 Å². The van der Waals surface area contributed by atoms with Gasteiger partial charge in [-0.25, -0.2) is 9.37 Å². The molecular weight excluding hydrogens is 465 g/mol. The molecule has 0 bridgehead atoms. The van der Waals surface area contributed by atoms with Crippen LogP contribution in [0.4, 0.5) is 4.39 Å². The van der Waals surface area contributed by atoms with Crippen molar-refractivity contribution in [3.63, 3.8) is 0 Å². The summed E-state index contributed by atoms with van der Waals surface area (Å²) in [5.41, 5.74) is 4.20. The molecular formula is C28H27ClFN3O2. The normalized spacial score (nSPS) is 17.8. The summed E-state index contributed by atoms with van der Waals surface area (Å²) in [7, 11) is 1.40. The van der Waals surface area contributed by atoms with Crippen molar-refractivity contribution in [2.75, 3.05) is 13.7 Å². The summed E-state index contributed by atoms with van der Waals surface area (Å²) >= 11 is 6.31. The molecule has 0 spiro atoms. The molecule has 180 valence electrons. The molecule has 1 N–H and O–H groups in total. The molecule has 4 aromatic rings. The molecule has 35 heavy (non-hydrogen) atoms. The Kier molecular flexibility index (Phi) is 5.80. The average Bonchev–Trinajstić information content (AvgIpc) is 3.47. The van der Waals surface area contributed by atoms with Gasteiger partial charge in [-0.15, -0.1) is 0 Å². The average molecular weight is 492 g/mol. The van der Waals surface area contributed by atoms with E-state index in [2.05, 4.69) is 4.98 Å². The van der Waals surface area contributed by atoms with Gasteiger partial charge in [-0.1, -0.05) is 41.4 Å². The number of carbonyl (C=O) groups excluding carboxylic acids is 1. The summed E-state index contributed by atoms with van der Waals surface area (Å²) in [4.78, 5) is 24.1. The molecule has 7 heteroatoms. The zero-order chi connectivity index (χ0) is 24.9. The molecule has 5 nitrogen and oxygen atoms in total. The number of nitrogens with one attached hydrogen (secondary N) is 1. The molecule has 0 saturated carbocycles. The van der Waals surface area contributed by atoms with Crippen LogP contribution in [0.15, 0.2) is 48.5 Å². The Labute approximate surface area is 208 Å². The van der Waals surface area contributed by atoms with E-state index in [0.717, 1.165) is 34.1 Å². The molecule has 3 aromatic carbocycles. The highest BCUT2D eigenvalue weighted by atomic mass is 35.5. The first-order valence-electron chi connectivity index (χ1n) is 11.7. The number of carbonyl (C=O) groups is 1. The summed E-state index contributed by atoms with van der Waals surface area (Å²) in [5, 5.41) is 0.640. The number of H-pyrrole nitrogens is 1. The number of aromatic nitrogens is 2. The number of aryl methyl sites for hydroxylation is 2. The van der Waals surface area contributed by atoms with Crippen LogP contribution in [-0.4, -0.2) is 34.4 Å². The van der Waals surface area contributed by atoms with Crippen molar-refractivity contribution in [3.05, 3.63) is 81.9 Å². The maximum atomic E-state index is 15.7. The van der Waals surface area contributed by atoms with E-state index in [9.17, 15) is 4.79 Å². The number of hydrogen-bond acceptors (Lipinski definition) is 3. The SMILES string of the molecule is COc1ccc(-c2ccc(C)cc2)c(C(=O)N2CCC[C@@]2(C)c2nc3c(C)c(Cl)ccc3[nH]2)c1F. The number of benzene rings is 3. The van der Waals surface area contributed by atoms with Crippen LogP contribution in [0, 0.1) is 19.7 Å². The number of halogens is 2. The number of imidazole rings is 1. The lowest BCUT2D eigenvalue weighted by Crippen LogP contribution is -2.44. The van der Waals surface area contributed by atoms with Crippen molar-refractivity contribution in [2.24, 2.45) is 0 Å². The van der Waals surface area contributed by atoms with Gasteiger partial charge in [0.25, 0.3) is 5.91 Å².